The number of nitrogens with one attached hydrogen (secondary N) is 1. The van der Waals surface area contributed by atoms with Crippen LogP contribution in [0.5, 0.6) is 0 Å². The second-order valence-corrected chi connectivity index (χ2v) is 7.60. The van der Waals surface area contributed by atoms with Gasteiger partial charge in [-0.2, -0.15) is 0 Å². The van der Waals surface area contributed by atoms with Crippen molar-refractivity contribution in [3.8, 4) is 0 Å². The van der Waals surface area contributed by atoms with Gasteiger partial charge in [0.1, 0.15) is 12.1 Å². The molecule has 8 heteroatoms. The first kappa shape index (κ1) is 20.1. The van der Waals surface area contributed by atoms with E-state index >= 15 is 0 Å². The van der Waals surface area contributed by atoms with E-state index in [0.29, 0.717) is 34.5 Å². The predicted molar refractivity (Wildman–Crippen MR) is 112 cm³/mol. The van der Waals surface area contributed by atoms with Crippen molar-refractivity contribution in [1.29, 1.82) is 0 Å². The van der Waals surface area contributed by atoms with Crippen LogP contribution in [0.1, 0.15) is 36.7 Å². The molecule has 0 radical (unpaired) electrons. The van der Waals surface area contributed by atoms with Gasteiger partial charge in [0.2, 0.25) is 0 Å². The highest BCUT2D eigenvalue weighted by atomic mass is 16.4. The van der Waals surface area contributed by atoms with Crippen molar-refractivity contribution in [3.05, 3.63) is 59.9 Å². The molecule has 0 saturated heterocycles. The quantitative estimate of drug-likeness (QED) is 0.609. The molecule has 2 amide bonds. The largest absolute Gasteiger partial charge is 0.465 e. The van der Waals surface area contributed by atoms with E-state index in [9.17, 15) is 14.7 Å². The van der Waals surface area contributed by atoms with Gasteiger partial charge in [0, 0.05) is 23.2 Å². The number of nitrogens with zero attached hydrogens (tertiary/aromatic N) is 3. The van der Waals surface area contributed by atoms with Gasteiger partial charge >= 0.3 is 6.09 Å². The predicted octanol–water partition coefficient (Wildman–Crippen LogP) is 3.62. The number of nitrogens with two attached hydrogens (primary N) is 1. The number of primary amides is 1. The van der Waals surface area contributed by atoms with E-state index < -0.39 is 17.5 Å². The second-order valence-electron chi connectivity index (χ2n) is 7.60. The van der Waals surface area contributed by atoms with E-state index in [0.717, 1.165) is 5.56 Å². The summed E-state index contributed by atoms with van der Waals surface area (Å²) in [5.74, 6) is 0.0123. The van der Waals surface area contributed by atoms with Crippen LogP contribution in [0.4, 0.5) is 16.3 Å². The van der Waals surface area contributed by atoms with Crippen molar-refractivity contribution in [2.75, 3.05) is 10.2 Å². The van der Waals surface area contributed by atoms with Crippen molar-refractivity contribution < 1.29 is 14.7 Å². The molecule has 0 aliphatic carbocycles. The molecular weight excluding hydrogens is 370 g/mol. The van der Waals surface area contributed by atoms with Gasteiger partial charge in [-0.15, -0.1) is 0 Å². The Kier molecular flexibility index (Phi) is 5.36. The maximum Gasteiger partial charge on any atom is 0.412 e. The van der Waals surface area contributed by atoms with Gasteiger partial charge in [0.15, 0.2) is 0 Å². The molecule has 0 aliphatic heterocycles. The number of hydrogen-bond donors (Lipinski definition) is 3. The second kappa shape index (κ2) is 7.75. The molecule has 1 aromatic heterocycles. The number of hydrogen-bond acceptors (Lipinski definition) is 5. The molecule has 0 aliphatic rings. The van der Waals surface area contributed by atoms with Gasteiger partial charge in [-0.05, 0) is 50.6 Å². The van der Waals surface area contributed by atoms with Crippen LogP contribution in [0.2, 0.25) is 0 Å². The van der Waals surface area contributed by atoms with Crippen molar-refractivity contribution in [2.24, 2.45) is 5.73 Å². The Morgan fingerprint density at radius 2 is 1.86 bits per heavy atom. The molecule has 0 saturated carbocycles. The van der Waals surface area contributed by atoms with Crippen LogP contribution < -0.4 is 16.0 Å². The Bertz CT molecular complexity index is 1080. The van der Waals surface area contributed by atoms with E-state index in [1.807, 2.05) is 45.0 Å². The molecule has 3 rings (SSSR count). The Hall–Kier alpha value is -3.68. The minimum atomic E-state index is -1.01. The van der Waals surface area contributed by atoms with Crippen molar-refractivity contribution in [2.45, 2.75) is 32.9 Å². The van der Waals surface area contributed by atoms with E-state index in [1.54, 1.807) is 18.2 Å². The number of fused-ring (bicyclic) bond motifs is 1. The molecule has 0 fully saturated rings. The molecule has 0 atom stereocenters. The summed E-state index contributed by atoms with van der Waals surface area (Å²) in [6.07, 6.45) is 0.364. The average molecular weight is 393 g/mol. The van der Waals surface area contributed by atoms with Crippen LogP contribution in [0, 0.1) is 0 Å². The van der Waals surface area contributed by atoms with Gasteiger partial charge in [-0.25, -0.2) is 14.8 Å². The van der Waals surface area contributed by atoms with E-state index in [2.05, 4.69) is 15.3 Å². The average Bonchev–Trinajstić information content (AvgIpc) is 2.64. The fourth-order valence-electron chi connectivity index (χ4n) is 3.20. The summed E-state index contributed by atoms with van der Waals surface area (Å²) < 4.78 is 0. The first-order valence-electron chi connectivity index (χ1n) is 9.08. The number of carbonyl (C=O) groups excluding carboxylic acids is 1. The Balaban J connectivity index is 1.89. The lowest BCUT2D eigenvalue weighted by Gasteiger charge is -2.33. The van der Waals surface area contributed by atoms with Gasteiger partial charge in [-0.1, -0.05) is 18.2 Å². The maximum absolute atomic E-state index is 11.7. The third kappa shape index (κ3) is 4.26. The molecule has 8 nitrogen and oxygen atoms in total. The van der Waals surface area contributed by atoms with Crippen LogP contribution in [-0.4, -0.2) is 32.6 Å². The number of amides is 2. The molecule has 0 unspecified atom stereocenters. The molecule has 29 heavy (non-hydrogen) atoms. The van der Waals surface area contributed by atoms with Crippen LogP contribution in [-0.2, 0) is 6.54 Å². The zero-order valence-electron chi connectivity index (χ0n) is 16.5. The zero-order valence-corrected chi connectivity index (χ0v) is 16.5. The summed E-state index contributed by atoms with van der Waals surface area (Å²) in [5, 5.41) is 13.5. The lowest BCUT2D eigenvalue weighted by molar-refractivity contribution is 0.100. The highest BCUT2D eigenvalue weighted by molar-refractivity contribution is 6.06. The van der Waals surface area contributed by atoms with Crippen LogP contribution in [0.25, 0.3) is 10.9 Å². The molecule has 4 N–H and O–H groups in total. The number of carbonyl (C=O) groups is 2. The van der Waals surface area contributed by atoms with Gasteiger partial charge in [0.05, 0.1) is 11.1 Å². The number of benzene rings is 2. The summed E-state index contributed by atoms with van der Waals surface area (Å²) in [4.78, 5) is 33.1. The van der Waals surface area contributed by atoms with Gasteiger partial charge < -0.3 is 16.2 Å². The minimum absolute atomic E-state index is 0.331. The van der Waals surface area contributed by atoms with Gasteiger partial charge in [0.25, 0.3) is 5.91 Å². The van der Waals surface area contributed by atoms with Crippen molar-refractivity contribution in [1.82, 2.24) is 9.97 Å². The van der Waals surface area contributed by atoms with Crippen molar-refractivity contribution in [3.63, 3.8) is 0 Å². The SMILES string of the molecule is CC(C)(C)N(C(=O)O)c1cccc(CNc2ncnc3c(C(N)=O)cccc23)c1. The Morgan fingerprint density at radius 3 is 2.52 bits per heavy atom. The van der Waals surface area contributed by atoms with E-state index in [-0.39, 0.29) is 0 Å². The molecular formula is C21H23N5O3. The monoisotopic (exact) mass is 393 g/mol. The summed E-state index contributed by atoms with van der Waals surface area (Å²) in [6.45, 7) is 5.94. The number of anilines is 2. The third-order valence-electron chi connectivity index (χ3n) is 4.42. The summed E-state index contributed by atoms with van der Waals surface area (Å²) in [5.41, 5.74) is 7.14. The molecule has 150 valence electrons. The standard InChI is InChI=1S/C21H23N5O3/c1-21(2,3)26(20(28)29)14-7-4-6-13(10-14)11-23-19-16-9-5-8-15(18(22)27)17(16)24-12-25-19/h4-10,12H,11H2,1-3H3,(H2,22,27)(H,28,29)(H,23,24,25). The lowest BCUT2D eigenvalue weighted by Crippen LogP contribution is -2.45. The lowest BCUT2D eigenvalue weighted by atomic mass is 10.0. The molecule has 0 spiro atoms. The maximum atomic E-state index is 11.7. The number of rotatable bonds is 5. The van der Waals surface area contributed by atoms with Crippen LogP contribution in [0.3, 0.4) is 0 Å². The van der Waals surface area contributed by atoms with Crippen LogP contribution >= 0.6 is 0 Å². The van der Waals surface area contributed by atoms with E-state index in [1.165, 1.54) is 11.2 Å². The topological polar surface area (TPSA) is 121 Å². The van der Waals surface area contributed by atoms with Crippen LogP contribution in [0.15, 0.2) is 48.8 Å². The fraction of sp³-hybridized carbons (Fsp3) is 0.238. The van der Waals surface area contributed by atoms with Gasteiger partial charge in [-0.3, -0.25) is 9.69 Å². The third-order valence-corrected chi connectivity index (χ3v) is 4.42. The fourth-order valence-corrected chi connectivity index (χ4v) is 3.20. The molecule has 0 bridgehead atoms. The Morgan fingerprint density at radius 1 is 1.14 bits per heavy atom. The molecule has 1 heterocycles. The highest BCUT2D eigenvalue weighted by Gasteiger charge is 2.27. The number of carboxylic acid groups (broad SMARTS) is 1. The first-order valence-corrected chi connectivity index (χ1v) is 9.08. The highest BCUT2D eigenvalue weighted by Crippen LogP contribution is 2.26. The summed E-state index contributed by atoms with van der Waals surface area (Å²) >= 11 is 0. The first-order chi connectivity index (χ1) is 13.7. The number of aromatic nitrogens is 2. The summed E-state index contributed by atoms with van der Waals surface area (Å²) in [6, 6.07) is 12.5. The summed E-state index contributed by atoms with van der Waals surface area (Å²) in [7, 11) is 0. The van der Waals surface area contributed by atoms with E-state index in [4.69, 9.17) is 5.73 Å². The minimum Gasteiger partial charge on any atom is -0.465 e. The normalized spacial score (nSPS) is 11.3. The number of para-hydroxylation sites is 1. The smallest absolute Gasteiger partial charge is 0.412 e. The molecule has 2 aromatic carbocycles. The molecule has 3 aromatic rings. The van der Waals surface area contributed by atoms with Crippen molar-refractivity contribution >= 4 is 34.4 Å². The Labute approximate surface area is 168 Å². The zero-order chi connectivity index (χ0) is 21.2.